The van der Waals surface area contributed by atoms with Crippen molar-refractivity contribution in [2.24, 2.45) is 0 Å². The fourth-order valence-electron chi connectivity index (χ4n) is 2.59. The van der Waals surface area contributed by atoms with Gasteiger partial charge in [0.05, 0.1) is 11.9 Å². The van der Waals surface area contributed by atoms with Crippen LogP contribution in [-0.2, 0) is 9.59 Å². The maximum absolute atomic E-state index is 12.4. The molecule has 0 aliphatic carbocycles. The van der Waals surface area contributed by atoms with Gasteiger partial charge in [-0.1, -0.05) is 13.8 Å². The van der Waals surface area contributed by atoms with Crippen molar-refractivity contribution in [1.29, 1.82) is 0 Å². The molecule has 2 N–H and O–H groups in total. The average Bonchev–Trinajstić information content (AvgIpc) is 2.85. The Kier molecular flexibility index (Phi) is 5.91. The third-order valence-electron chi connectivity index (χ3n) is 4.16. The van der Waals surface area contributed by atoms with Crippen LogP contribution in [0.4, 0.5) is 23.7 Å². The van der Waals surface area contributed by atoms with Crippen molar-refractivity contribution in [2.75, 3.05) is 18.5 Å². The number of hydrogen-bond acceptors (Lipinski definition) is 5. The lowest BCUT2D eigenvalue weighted by molar-refractivity contribution is -0.154. The molecule has 0 spiro atoms. The molecule has 1 aromatic heterocycles. The third kappa shape index (κ3) is 4.86. The first-order chi connectivity index (χ1) is 12.6. The normalized spacial score (nSPS) is 16.3. The fourth-order valence-corrected chi connectivity index (χ4v) is 2.59. The molecule has 0 radical (unpaired) electrons. The number of nitrogens with one attached hydrogen (secondary N) is 2. The number of carbonyl (C=O) groups is 3. The zero-order valence-corrected chi connectivity index (χ0v) is 14.7. The third-order valence-corrected chi connectivity index (χ3v) is 4.16. The molecule has 1 aliphatic heterocycles. The standard InChI is InChI=1S/C16H19F3N4O4/c1-3-15(4-2)13(25)23(14(26)22-15)8-11(24)21-10-5-6-12(20-7-10)27-9-16(17,18)19/h5-7H,3-4,8-9H2,1-2H3,(H,21,24)(H,22,26). The summed E-state index contributed by atoms with van der Waals surface area (Å²) in [6.45, 7) is 1.56. The molecule has 0 unspecified atom stereocenters. The van der Waals surface area contributed by atoms with Gasteiger partial charge in [-0.3, -0.25) is 14.5 Å². The lowest BCUT2D eigenvalue weighted by Crippen LogP contribution is -2.46. The molecule has 148 valence electrons. The quantitative estimate of drug-likeness (QED) is 0.697. The van der Waals surface area contributed by atoms with Gasteiger partial charge in [-0.2, -0.15) is 13.2 Å². The second-order valence-electron chi connectivity index (χ2n) is 5.95. The minimum Gasteiger partial charge on any atom is -0.468 e. The molecule has 0 bridgehead atoms. The molecule has 1 saturated heterocycles. The van der Waals surface area contributed by atoms with Gasteiger partial charge in [-0.25, -0.2) is 9.78 Å². The van der Waals surface area contributed by atoms with Crippen LogP contribution in [-0.4, -0.2) is 52.6 Å². The Labute approximate surface area is 153 Å². The van der Waals surface area contributed by atoms with E-state index in [2.05, 4.69) is 20.4 Å². The number of nitrogens with zero attached hydrogens (tertiary/aromatic N) is 2. The summed E-state index contributed by atoms with van der Waals surface area (Å²) >= 11 is 0. The molecule has 27 heavy (non-hydrogen) atoms. The maximum atomic E-state index is 12.4. The van der Waals surface area contributed by atoms with Crippen LogP contribution in [0.15, 0.2) is 18.3 Å². The van der Waals surface area contributed by atoms with Gasteiger partial charge in [0.25, 0.3) is 5.91 Å². The predicted molar refractivity (Wildman–Crippen MR) is 88.0 cm³/mol. The van der Waals surface area contributed by atoms with E-state index in [-0.39, 0.29) is 11.6 Å². The lowest BCUT2D eigenvalue weighted by atomic mass is 9.93. The fraction of sp³-hybridized carbons (Fsp3) is 0.500. The SMILES string of the molecule is CCC1(CC)NC(=O)N(CC(=O)Nc2ccc(OCC(F)(F)F)nc2)C1=O. The molecule has 2 rings (SSSR count). The number of rotatable bonds is 7. The smallest absolute Gasteiger partial charge is 0.422 e. The summed E-state index contributed by atoms with van der Waals surface area (Å²) < 4.78 is 40.7. The molecule has 4 amide bonds. The number of carbonyl (C=O) groups excluding carboxylic acids is 3. The second-order valence-corrected chi connectivity index (χ2v) is 5.95. The lowest BCUT2D eigenvalue weighted by Gasteiger charge is -2.22. The summed E-state index contributed by atoms with van der Waals surface area (Å²) in [4.78, 5) is 41.0. The summed E-state index contributed by atoms with van der Waals surface area (Å²) in [5.41, 5.74) is -0.820. The molecule has 1 aliphatic rings. The summed E-state index contributed by atoms with van der Waals surface area (Å²) in [6, 6.07) is 1.81. The van der Waals surface area contributed by atoms with E-state index in [4.69, 9.17) is 0 Å². The number of amides is 4. The molecular formula is C16H19F3N4O4. The summed E-state index contributed by atoms with van der Waals surface area (Å²) in [7, 11) is 0. The van der Waals surface area contributed by atoms with E-state index in [1.165, 1.54) is 6.07 Å². The first kappa shape index (κ1) is 20.5. The van der Waals surface area contributed by atoms with Gasteiger partial charge in [0.1, 0.15) is 12.1 Å². The number of alkyl halides is 3. The van der Waals surface area contributed by atoms with Gasteiger partial charge in [0.15, 0.2) is 6.61 Å². The van der Waals surface area contributed by atoms with Crippen LogP contribution in [0.3, 0.4) is 0 Å². The number of anilines is 1. The Bertz CT molecular complexity index is 717. The van der Waals surface area contributed by atoms with Crippen molar-refractivity contribution in [3.63, 3.8) is 0 Å². The topological polar surface area (TPSA) is 101 Å². The zero-order chi connectivity index (χ0) is 20.2. The Balaban J connectivity index is 1.94. The van der Waals surface area contributed by atoms with E-state index >= 15 is 0 Å². The van der Waals surface area contributed by atoms with Crippen molar-refractivity contribution in [3.05, 3.63) is 18.3 Å². The Morgan fingerprint density at radius 1 is 1.30 bits per heavy atom. The van der Waals surface area contributed by atoms with Crippen LogP contribution in [0.25, 0.3) is 0 Å². The van der Waals surface area contributed by atoms with Crippen molar-refractivity contribution in [2.45, 2.75) is 38.4 Å². The van der Waals surface area contributed by atoms with Gasteiger partial charge >= 0.3 is 12.2 Å². The van der Waals surface area contributed by atoms with Gasteiger partial charge < -0.3 is 15.4 Å². The summed E-state index contributed by atoms with van der Waals surface area (Å²) in [5, 5.41) is 5.03. The maximum Gasteiger partial charge on any atom is 0.422 e. The van der Waals surface area contributed by atoms with Gasteiger partial charge in [0.2, 0.25) is 11.8 Å². The van der Waals surface area contributed by atoms with E-state index in [1.54, 1.807) is 13.8 Å². The first-order valence-electron chi connectivity index (χ1n) is 8.20. The molecular weight excluding hydrogens is 369 g/mol. The van der Waals surface area contributed by atoms with Crippen LogP contribution in [0, 0.1) is 0 Å². The molecule has 0 aromatic carbocycles. The number of aromatic nitrogens is 1. The van der Waals surface area contributed by atoms with Crippen LogP contribution < -0.4 is 15.4 Å². The van der Waals surface area contributed by atoms with Gasteiger partial charge in [-0.15, -0.1) is 0 Å². The van der Waals surface area contributed by atoms with E-state index in [0.717, 1.165) is 17.2 Å². The van der Waals surface area contributed by atoms with Crippen LogP contribution in [0.1, 0.15) is 26.7 Å². The highest BCUT2D eigenvalue weighted by molar-refractivity contribution is 6.10. The summed E-state index contributed by atoms with van der Waals surface area (Å²) in [5.74, 6) is -1.37. The molecule has 1 fully saturated rings. The van der Waals surface area contributed by atoms with E-state index < -0.39 is 42.7 Å². The minimum atomic E-state index is -4.48. The molecule has 8 nitrogen and oxygen atoms in total. The number of hydrogen-bond donors (Lipinski definition) is 2. The van der Waals surface area contributed by atoms with Crippen LogP contribution >= 0.6 is 0 Å². The Morgan fingerprint density at radius 3 is 2.44 bits per heavy atom. The van der Waals surface area contributed by atoms with Crippen molar-refractivity contribution in [1.82, 2.24) is 15.2 Å². The molecule has 1 aromatic rings. The second kappa shape index (κ2) is 7.80. The van der Waals surface area contributed by atoms with Gasteiger partial charge in [-0.05, 0) is 18.9 Å². The number of pyridine rings is 1. The van der Waals surface area contributed by atoms with Crippen LogP contribution in [0.5, 0.6) is 5.88 Å². The molecule has 11 heteroatoms. The van der Waals surface area contributed by atoms with E-state index in [9.17, 15) is 27.6 Å². The Morgan fingerprint density at radius 2 is 1.96 bits per heavy atom. The largest absolute Gasteiger partial charge is 0.468 e. The number of imide groups is 1. The minimum absolute atomic E-state index is 0.184. The number of halogens is 3. The highest BCUT2D eigenvalue weighted by atomic mass is 19.4. The highest BCUT2D eigenvalue weighted by Crippen LogP contribution is 2.25. The predicted octanol–water partition coefficient (Wildman–Crippen LogP) is 2.07. The van der Waals surface area contributed by atoms with Crippen molar-refractivity contribution in [3.8, 4) is 5.88 Å². The number of ether oxygens (including phenoxy) is 1. The van der Waals surface area contributed by atoms with E-state index in [1.807, 2.05) is 0 Å². The number of urea groups is 1. The highest BCUT2D eigenvalue weighted by Gasteiger charge is 2.49. The van der Waals surface area contributed by atoms with Gasteiger partial charge in [0, 0.05) is 6.07 Å². The molecule has 0 saturated carbocycles. The van der Waals surface area contributed by atoms with Crippen molar-refractivity contribution < 1.29 is 32.3 Å². The van der Waals surface area contributed by atoms with Crippen molar-refractivity contribution >= 4 is 23.5 Å². The Hall–Kier alpha value is -2.85. The molecule has 2 heterocycles. The van der Waals surface area contributed by atoms with E-state index in [0.29, 0.717) is 12.8 Å². The summed E-state index contributed by atoms with van der Waals surface area (Å²) in [6.07, 6.45) is -2.58. The average molecular weight is 388 g/mol. The monoisotopic (exact) mass is 388 g/mol. The zero-order valence-electron chi connectivity index (χ0n) is 14.7. The first-order valence-corrected chi connectivity index (χ1v) is 8.20. The van der Waals surface area contributed by atoms with Crippen LogP contribution in [0.2, 0.25) is 0 Å². The molecule has 0 atom stereocenters.